The van der Waals surface area contributed by atoms with Crippen LogP contribution in [0.2, 0.25) is 10.0 Å². The monoisotopic (exact) mass is 348 g/mol. The second kappa shape index (κ2) is 7.28. The van der Waals surface area contributed by atoms with Crippen LogP contribution in [-0.2, 0) is 4.79 Å². The molecule has 0 saturated heterocycles. The molecule has 2 rings (SSSR count). The van der Waals surface area contributed by atoms with Gasteiger partial charge in [-0.3, -0.25) is 4.79 Å². The van der Waals surface area contributed by atoms with Gasteiger partial charge in [0.25, 0.3) is 5.91 Å². The fraction of sp³-hybridized carbons (Fsp3) is 0.0588. The van der Waals surface area contributed by atoms with Gasteiger partial charge in [0.15, 0.2) is 0 Å². The standard InChI is InChI=1S/C17H11Cl2FN2O/c1-10-7-12(18)5-6-16(10)22-17(23)11(9-21)8-13-14(19)3-2-4-15(13)20/h2-8H,1H3,(H,22,23)/b11-8+. The van der Waals surface area contributed by atoms with Crippen molar-refractivity contribution in [2.75, 3.05) is 5.32 Å². The van der Waals surface area contributed by atoms with Crippen molar-refractivity contribution in [3.05, 3.63) is 69.0 Å². The van der Waals surface area contributed by atoms with E-state index in [0.717, 1.165) is 11.6 Å². The molecule has 23 heavy (non-hydrogen) atoms. The van der Waals surface area contributed by atoms with Crippen LogP contribution in [0.15, 0.2) is 42.0 Å². The van der Waals surface area contributed by atoms with E-state index in [1.165, 1.54) is 18.2 Å². The zero-order valence-corrected chi connectivity index (χ0v) is 13.5. The molecular weight excluding hydrogens is 338 g/mol. The fourth-order valence-electron chi connectivity index (χ4n) is 1.90. The van der Waals surface area contributed by atoms with E-state index in [2.05, 4.69) is 5.32 Å². The summed E-state index contributed by atoms with van der Waals surface area (Å²) in [6.07, 6.45) is 1.12. The third-order valence-corrected chi connectivity index (χ3v) is 3.65. The van der Waals surface area contributed by atoms with Crippen molar-refractivity contribution in [2.45, 2.75) is 6.92 Å². The second-order valence-electron chi connectivity index (χ2n) is 4.72. The van der Waals surface area contributed by atoms with Gasteiger partial charge in [-0.2, -0.15) is 5.26 Å². The molecule has 0 fully saturated rings. The number of halogens is 3. The maximum atomic E-state index is 13.8. The highest BCUT2D eigenvalue weighted by molar-refractivity contribution is 6.32. The number of nitriles is 1. The highest BCUT2D eigenvalue weighted by atomic mass is 35.5. The molecule has 116 valence electrons. The lowest BCUT2D eigenvalue weighted by Crippen LogP contribution is -2.14. The number of hydrogen-bond donors (Lipinski definition) is 1. The third kappa shape index (κ3) is 4.10. The Morgan fingerprint density at radius 2 is 2.04 bits per heavy atom. The highest BCUT2D eigenvalue weighted by Crippen LogP contribution is 2.23. The highest BCUT2D eigenvalue weighted by Gasteiger charge is 2.13. The molecule has 2 aromatic carbocycles. The first-order valence-electron chi connectivity index (χ1n) is 6.55. The Balaban J connectivity index is 2.32. The van der Waals surface area contributed by atoms with Crippen LogP contribution in [0.5, 0.6) is 0 Å². The van der Waals surface area contributed by atoms with E-state index in [4.69, 9.17) is 28.5 Å². The predicted octanol–water partition coefficient (Wildman–Crippen LogP) is 4.99. The van der Waals surface area contributed by atoms with Crippen LogP contribution in [0, 0.1) is 24.1 Å². The zero-order chi connectivity index (χ0) is 17.0. The summed E-state index contributed by atoms with van der Waals surface area (Å²) in [6.45, 7) is 1.77. The Hall–Kier alpha value is -2.35. The average molecular weight is 349 g/mol. The topological polar surface area (TPSA) is 52.9 Å². The molecule has 6 heteroatoms. The minimum absolute atomic E-state index is 0.00584. The van der Waals surface area contributed by atoms with Crippen molar-refractivity contribution in [3.63, 3.8) is 0 Å². The number of benzene rings is 2. The molecule has 0 saturated carbocycles. The van der Waals surface area contributed by atoms with Crippen LogP contribution in [0.25, 0.3) is 6.08 Å². The maximum absolute atomic E-state index is 13.8. The Bertz CT molecular complexity index is 821. The van der Waals surface area contributed by atoms with Crippen molar-refractivity contribution in [3.8, 4) is 6.07 Å². The Kier molecular flexibility index (Phi) is 5.38. The first-order valence-corrected chi connectivity index (χ1v) is 7.31. The van der Waals surface area contributed by atoms with Crippen molar-refractivity contribution < 1.29 is 9.18 Å². The molecule has 0 aliphatic heterocycles. The first-order chi connectivity index (χ1) is 10.9. The Labute approximate surface area is 142 Å². The van der Waals surface area contributed by atoms with Gasteiger partial charge in [0.1, 0.15) is 17.5 Å². The molecule has 0 aromatic heterocycles. The third-order valence-electron chi connectivity index (χ3n) is 3.09. The van der Waals surface area contributed by atoms with Crippen LogP contribution in [0.4, 0.5) is 10.1 Å². The van der Waals surface area contributed by atoms with E-state index in [1.54, 1.807) is 31.2 Å². The van der Waals surface area contributed by atoms with Crippen molar-refractivity contribution in [1.82, 2.24) is 0 Å². The molecular formula is C17H11Cl2FN2O. The Morgan fingerprint density at radius 1 is 1.30 bits per heavy atom. The molecule has 0 radical (unpaired) electrons. The first kappa shape index (κ1) is 17.0. The van der Waals surface area contributed by atoms with Crippen molar-refractivity contribution in [1.29, 1.82) is 5.26 Å². The minimum Gasteiger partial charge on any atom is -0.321 e. The summed E-state index contributed by atoms with van der Waals surface area (Å²) >= 11 is 11.8. The van der Waals surface area contributed by atoms with Crippen LogP contribution in [0.3, 0.4) is 0 Å². The number of carbonyl (C=O) groups excluding carboxylic acids is 1. The molecule has 2 aromatic rings. The van der Waals surface area contributed by atoms with E-state index in [0.29, 0.717) is 10.7 Å². The van der Waals surface area contributed by atoms with Crippen LogP contribution < -0.4 is 5.32 Å². The molecule has 3 nitrogen and oxygen atoms in total. The molecule has 0 heterocycles. The van der Waals surface area contributed by atoms with Crippen LogP contribution in [0.1, 0.15) is 11.1 Å². The Morgan fingerprint density at radius 3 is 2.65 bits per heavy atom. The van der Waals surface area contributed by atoms with Gasteiger partial charge in [-0.05, 0) is 48.9 Å². The number of anilines is 1. The molecule has 0 aliphatic carbocycles. The van der Waals surface area contributed by atoms with Gasteiger partial charge in [0.2, 0.25) is 0 Å². The number of aryl methyl sites for hydroxylation is 1. The smallest absolute Gasteiger partial charge is 0.266 e. The number of nitrogens with zero attached hydrogens (tertiary/aromatic N) is 1. The van der Waals surface area contributed by atoms with E-state index in [1.807, 2.05) is 0 Å². The van der Waals surface area contributed by atoms with Gasteiger partial charge in [-0.25, -0.2) is 4.39 Å². The molecule has 0 spiro atoms. The van der Waals surface area contributed by atoms with Crippen molar-refractivity contribution in [2.24, 2.45) is 0 Å². The van der Waals surface area contributed by atoms with Gasteiger partial charge in [-0.15, -0.1) is 0 Å². The average Bonchev–Trinajstić information content (AvgIpc) is 2.50. The fourth-order valence-corrected chi connectivity index (χ4v) is 2.34. The van der Waals surface area contributed by atoms with Crippen molar-refractivity contribution >= 4 is 40.9 Å². The molecule has 1 N–H and O–H groups in total. The normalized spacial score (nSPS) is 11.0. The van der Waals surface area contributed by atoms with E-state index >= 15 is 0 Å². The minimum atomic E-state index is -0.655. The number of rotatable bonds is 3. The summed E-state index contributed by atoms with van der Waals surface area (Å²) in [6, 6.07) is 10.8. The summed E-state index contributed by atoms with van der Waals surface area (Å²) in [4.78, 5) is 12.2. The van der Waals surface area contributed by atoms with E-state index in [-0.39, 0.29) is 16.2 Å². The summed E-state index contributed by atoms with van der Waals surface area (Å²) in [5, 5.41) is 12.4. The summed E-state index contributed by atoms with van der Waals surface area (Å²) < 4.78 is 13.8. The SMILES string of the molecule is Cc1cc(Cl)ccc1NC(=O)/C(C#N)=C/c1c(F)cccc1Cl. The lowest BCUT2D eigenvalue weighted by Gasteiger charge is -2.08. The lowest BCUT2D eigenvalue weighted by molar-refractivity contribution is -0.112. The summed E-state index contributed by atoms with van der Waals surface area (Å²) in [5.74, 6) is -1.27. The molecule has 0 atom stereocenters. The second-order valence-corrected chi connectivity index (χ2v) is 5.56. The maximum Gasteiger partial charge on any atom is 0.266 e. The molecule has 0 unspecified atom stereocenters. The number of nitrogens with one attached hydrogen (secondary N) is 1. The summed E-state index contributed by atoms with van der Waals surface area (Å²) in [7, 11) is 0. The van der Waals surface area contributed by atoms with Crippen LogP contribution in [-0.4, -0.2) is 5.91 Å². The van der Waals surface area contributed by atoms with E-state index in [9.17, 15) is 9.18 Å². The summed E-state index contributed by atoms with van der Waals surface area (Å²) in [5.41, 5.74) is 0.993. The molecule has 0 bridgehead atoms. The molecule has 1 amide bonds. The van der Waals surface area contributed by atoms with Crippen LogP contribution >= 0.6 is 23.2 Å². The largest absolute Gasteiger partial charge is 0.321 e. The lowest BCUT2D eigenvalue weighted by atomic mass is 10.1. The van der Waals surface area contributed by atoms with Gasteiger partial charge in [0.05, 0.1) is 5.02 Å². The number of amides is 1. The number of hydrogen-bond acceptors (Lipinski definition) is 2. The van der Waals surface area contributed by atoms with Gasteiger partial charge in [0, 0.05) is 16.3 Å². The van der Waals surface area contributed by atoms with Gasteiger partial charge in [-0.1, -0.05) is 29.3 Å². The number of carbonyl (C=O) groups is 1. The molecule has 0 aliphatic rings. The van der Waals surface area contributed by atoms with Gasteiger partial charge < -0.3 is 5.32 Å². The quantitative estimate of drug-likeness (QED) is 0.627. The zero-order valence-electron chi connectivity index (χ0n) is 12.0. The predicted molar refractivity (Wildman–Crippen MR) is 89.8 cm³/mol. The van der Waals surface area contributed by atoms with Gasteiger partial charge >= 0.3 is 0 Å². The van der Waals surface area contributed by atoms with E-state index < -0.39 is 11.7 Å².